The fourth-order valence-electron chi connectivity index (χ4n) is 2.50. The molecule has 18 heavy (non-hydrogen) atoms. The van der Waals surface area contributed by atoms with Crippen LogP contribution >= 0.6 is 0 Å². The molecule has 0 unspecified atom stereocenters. The predicted molar refractivity (Wildman–Crippen MR) is 72.8 cm³/mol. The SMILES string of the molecule is COC(=O)C(C)(C)Cc1ccc2c(c1)CCCN2. The monoisotopic (exact) mass is 247 g/mol. The van der Waals surface area contributed by atoms with Gasteiger partial charge in [-0.15, -0.1) is 0 Å². The lowest BCUT2D eigenvalue weighted by Gasteiger charge is -2.23. The normalized spacial score (nSPS) is 14.6. The van der Waals surface area contributed by atoms with Crippen LogP contribution in [0, 0.1) is 5.41 Å². The van der Waals surface area contributed by atoms with Crippen LogP contribution in [0.25, 0.3) is 0 Å². The minimum Gasteiger partial charge on any atom is -0.469 e. The van der Waals surface area contributed by atoms with Crippen LogP contribution < -0.4 is 5.32 Å². The van der Waals surface area contributed by atoms with Crippen molar-refractivity contribution >= 4 is 11.7 Å². The van der Waals surface area contributed by atoms with Gasteiger partial charge in [0.2, 0.25) is 0 Å². The molecule has 3 heteroatoms. The van der Waals surface area contributed by atoms with Crippen LogP contribution in [-0.4, -0.2) is 19.6 Å². The van der Waals surface area contributed by atoms with Gasteiger partial charge >= 0.3 is 5.97 Å². The van der Waals surface area contributed by atoms with Crippen molar-refractivity contribution in [3.8, 4) is 0 Å². The van der Waals surface area contributed by atoms with Crippen LogP contribution in [0.3, 0.4) is 0 Å². The molecule has 0 bridgehead atoms. The standard InChI is InChI=1S/C15H21NO2/c1-15(2,14(17)18-3)10-11-6-7-13-12(9-11)5-4-8-16-13/h6-7,9,16H,4-5,8,10H2,1-3H3. The maximum absolute atomic E-state index is 11.7. The first kappa shape index (κ1) is 12.9. The zero-order valence-electron chi connectivity index (χ0n) is 11.4. The molecule has 1 heterocycles. The Balaban J connectivity index is 2.17. The number of fused-ring (bicyclic) bond motifs is 1. The average molecular weight is 247 g/mol. The van der Waals surface area contributed by atoms with Crippen LogP contribution in [0.5, 0.6) is 0 Å². The predicted octanol–water partition coefficient (Wildman–Crippen LogP) is 2.79. The molecule has 0 amide bonds. The molecule has 98 valence electrons. The van der Waals surface area contributed by atoms with Crippen LogP contribution in [0.4, 0.5) is 5.69 Å². The van der Waals surface area contributed by atoms with Crippen LogP contribution in [0.15, 0.2) is 18.2 Å². The third-order valence-electron chi connectivity index (χ3n) is 3.49. The number of esters is 1. The highest BCUT2D eigenvalue weighted by atomic mass is 16.5. The van der Waals surface area contributed by atoms with Gasteiger partial charge in [-0.3, -0.25) is 4.79 Å². The van der Waals surface area contributed by atoms with E-state index in [4.69, 9.17) is 4.74 Å². The summed E-state index contributed by atoms with van der Waals surface area (Å²) in [6.07, 6.45) is 3.01. The highest BCUT2D eigenvalue weighted by molar-refractivity contribution is 5.76. The Morgan fingerprint density at radius 2 is 2.22 bits per heavy atom. The Kier molecular flexibility index (Phi) is 3.60. The minimum atomic E-state index is -0.467. The van der Waals surface area contributed by atoms with E-state index in [0.717, 1.165) is 13.0 Å². The summed E-state index contributed by atoms with van der Waals surface area (Å²) in [7, 11) is 1.45. The van der Waals surface area contributed by atoms with Gasteiger partial charge in [0.1, 0.15) is 0 Å². The Morgan fingerprint density at radius 3 is 2.94 bits per heavy atom. The fourth-order valence-corrected chi connectivity index (χ4v) is 2.50. The molecule has 1 N–H and O–H groups in total. The number of rotatable bonds is 3. The molecule has 0 fully saturated rings. The van der Waals surface area contributed by atoms with E-state index in [0.29, 0.717) is 6.42 Å². The summed E-state index contributed by atoms with van der Waals surface area (Å²) in [5, 5.41) is 3.39. The number of carbonyl (C=O) groups is 1. The maximum atomic E-state index is 11.7. The van der Waals surface area contributed by atoms with Crippen LogP contribution in [0.2, 0.25) is 0 Å². The van der Waals surface area contributed by atoms with E-state index in [1.54, 1.807) is 0 Å². The molecule has 0 spiro atoms. The largest absolute Gasteiger partial charge is 0.469 e. The molecule has 3 nitrogen and oxygen atoms in total. The molecule has 1 aliphatic rings. The summed E-state index contributed by atoms with van der Waals surface area (Å²) in [5.74, 6) is -0.154. The second-order valence-corrected chi connectivity index (χ2v) is 5.57. The van der Waals surface area contributed by atoms with Crippen LogP contribution in [-0.2, 0) is 22.4 Å². The first-order valence-corrected chi connectivity index (χ1v) is 6.47. The summed E-state index contributed by atoms with van der Waals surface area (Å²) in [6, 6.07) is 6.44. The summed E-state index contributed by atoms with van der Waals surface area (Å²) < 4.78 is 4.85. The Labute approximate surface area is 109 Å². The van der Waals surface area contributed by atoms with E-state index in [2.05, 4.69) is 23.5 Å². The fraction of sp³-hybridized carbons (Fsp3) is 0.533. The van der Waals surface area contributed by atoms with Gasteiger partial charge in [-0.2, -0.15) is 0 Å². The third kappa shape index (κ3) is 2.66. The topological polar surface area (TPSA) is 38.3 Å². The van der Waals surface area contributed by atoms with E-state index in [9.17, 15) is 4.79 Å². The minimum absolute atomic E-state index is 0.154. The summed E-state index contributed by atoms with van der Waals surface area (Å²) >= 11 is 0. The Morgan fingerprint density at radius 1 is 1.44 bits per heavy atom. The lowest BCUT2D eigenvalue weighted by atomic mass is 9.85. The van der Waals surface area contributed by atoms with Crippen molar-refractivity contribution in [1.29, 1.82) is 0 Å². The summed E-state index contributed by atoms with van der Waals surface area (Å²) in [5.41, 5.74) is 3.33. The quantitative estimate of drug-likeness (QED) is 0.835. The van der Waals surface area contributed by atoms with Gasteiger partial charge < -0.3 is 10.1 Å². The van der Waals surface area contributed by atoms with Gasteiger partial charge in [0, 0.05) is 12.2 Å². The molecule has 0 atom stereocenters. The second-order valence-electron chi connectivity index (χ2n) is 5.57. The lowest BCUT2D eigenvalue weighted by Crippen LogP contribution is -2.28. The zero-order chi connectivity index (χ0) is 13.2. The number of nitrogens with one attached hydrogen (secondary N) is 1. The van der Waals surface area contributed by atoms with Crippen molar-refractivity contribution in [3.63, 3.8) is 0 Å². The van der Waals surface area contributed by atoms with Crippen molar-refractivity contribution < 1.29 is 9.53 Å². The Hall–Kier alpha value is -1.51. The van der Waals surface area contributed by atoms with E-state index < -0.39 is 5.41 Å². The number of ether oxygens (including phenoxy) is 1. The first-order chi connectivity index (χ1) is 8.53. The van der Waals surface area contributed by atoms with Gasteiger partial charge in [0.05, 0.1) is 12.5 Å². The summed E-state index contributed by atoms with van der Waals surface area (Å²) in [4.78, 5) is 11.7. The van der Waals surface area contributed by atoms with Gasteiger partial charge in [-0.05, 0) is 50.3 Å². The molecule has 1 aromatic rings. The smallest absolute Gasteiger partial charge is 0.311 e. The molecule has 0 aliphatic carbocycles. The molecule has 0 saturated carbocycles. The van der Waals surface area contributed by atoms with Crippen molar-refractivity contribution in [1.82, 2.24) is 0 Å². The van der Waals surface area contributed by atoms with E-state index in [1.165, 1.54) is 30.3 Å². The number of carbonyl (C=O) groups excluding carboxylic acids is 1. The highest BCUT2D eigenvalue weighted by Gasteiger charge is 2.29. The third-order valence-corrected chi connectivity index (χ3v) is 3.49. The maximum Gasteiger partial charge on any atom is 0.311 e. The molecular formula is C15H21NO2. The highest BCUT2D eigenvalue weighted by Crippen LogP contribution is 2.28. The first-order valence-electron chi connectivity index (χ1n) is 6.47. The number of aryl methyl sites for hydroxylation is 1. The van der Waals surface area contributed by atoms with Gasteiger partial charge in [-0.25, -0.2) is 0 Å². The van der Waals surface area contributed by atoms with Crippen molar-refractivity contribution in [2.75, 3.05) is 19.0 Å². The molecule has 0 radical (unpaired) electrons. The van der Waals surface area contributed by atoms with Crippen molar-refractivity contribution in [2.24, 2.45) is 5.41 Å². The van der Waals surface area contributed by atoms with E-state index in [-0.39, 0.29) is 5.97 Å². The summed E-state index contributed by atoms with van der Waals surface area (Å²) in [6.45, 7) is 4.91. The zero-order valence-corrected chi connectivity index (χ0v) is 11.4. The number of hydrogen-bond acceptors (Lipinski definition) is 3. The average Bonchev–Trinajstić information content (AvgIpc) is 2.37. The molecular weight excluding hydrogens is 226 g/mol. The molecule has 0 saturated heterocycles. The molecule has 0 aromatic heterocycles. The van der Waals surface area contributed by atoms with Gasteiger partial charge in [0.15, 0.2) is 0 Å². The van der Waals surface area contributed by atoms with Crippen molar-refractivity contribution in [2.45, 2.75) is 33.1 Å². The number of hydrogen-bond donors (Lipinski definition) is 1. The van der Waals surface area contributed by atoms with Crippen LogP contribution in [0.1, 0.15) is 31.4 Å². The van der Waals surface area contributed by atoms with Gasteiger partial charge in [-0.1, -0.05) is 12.1 Å². The number of benzene rings is 1. The lowest BCUT2D eigenvalue weighted by molar-refractivity contribution is -0.150. The molecule has 1 aliphatic heterocycles. The van der Waals surface area contributed by atoms with Gasteiger partial charge in [0.25, 0.3) is 0 Å². The number of methoxy groups -OCH3 is 1. The molecule has 1 aromatic carbocycles. The van der Waals surface area contributed by atoms with Crippen molar-refractivity contribution in [3.05, 3.63) is 29.3 Å². The second kappa shape index (κ2) is 5.01. The Bertz CT molecular complexity index is 452. The number of anilines is 1. The molecule has 2 rings (SSSR count). The van der Waals surface area contributed by atoms with E-state index >= 15 is 0 Å². The van der Waals surface area contributed by atoms with E-state index in [1.807, 2.05) is 13.8 Å².